The van der Waals surface area contributed by atoms with Crippen molar-refractivity contribution in [1.82, 2.24) is 19.6 Å². The molecule has 0 bridgehead atoms. The summed E-state index contributed by atoms with van der Waals surface area (Å²) >= 11 is 3.54. The number of rotatable bonds is 5. The van der Waals surface area contributed by atoms with Crippen LogP contribution in [-0.2, 0) is 17.9 Å². The van der Waals surface area contributed by atoms with Crippen LogP contribution in [0.4, 0.5) is 4.39 Å². The van der Waals surface area contributed by atoms with Crippen LogP contribution in [0.2, 0.25) is 0 Å². The highest BCUT2D eigenvalue weighted by Crippen LogP contribution is 2.21. The Bertz CT molecular complexity index is 797. The number of halogens is 2. The van der Waals surface area contributed by atoms with Gasteiger partial charge in [0.2, 0.25) is 5.91 Å². The van der Waals surface area contributed by atoms with E-state index in [0.29, 0.717) is 6.54 Å². The average Bonchev–Trinajstić information content (AvgIpc) is 2.90. The molecular formula is C20H26BrFN4O. The lowest BCUT2D eigenvalue weighted by molar-refractivity contribution is -0.137. The number of benzene rings is 1. The fraction of sp³-hybridized carbons (Fsp3) is 0.500. The highest BCUT2D eigenvalue weighted by atomic mass is 79.9. The molecule has 1 aliphatic heterocycles. The number of piperazine rings is 1. The Kier molecular flexibility index (Phi) is 6.32. The molecule has 1 unspecified atom stereocenters. The molecule has 0 saturated carbocycles. The molecule has 1 fully saturated rings. The third-order valence-corrected chi connectivity index (χ3v) is 6.31. The average molecular weight is 437 g/mol. The molecule has 2 aromatic rings. The van der Waals surface area contributed by atoms with Crippen LogP contribution in [0.1, 0.15) is 23.9 Å². The summed E-state index contributed by atoms with van der Waals surface area (Å²) in [6.07, 6.45) is 0. The zero-order chi connectivity index (χ0) is 19.6. The first-order chi connectivity index (χ1) is 12.8. The van der Waals surface area contributed by atoms with Gasteiger partial charge in [0.25, 0.3) is 0 Å². The van der Waals surface area contributed by atoms with Gasteiger partial charge < -0.3 is 4.90 Å². The predicted octanol–water partition coefficient (Wildman–Crippen LogP) is 3.38. The van der Waals surface area contributed by atoms with Crippen molar-refractivity contribution in [2.45, 2.75) is 33.9 Å². The van der Waals surface area contributed by atoms with E-state index in [0.717, 1.165) is 54.1 Å². The summed E-state index contributed by atoms with van der Waals surface area (Å²) in [6, 6.07) is 6.63. The number of hydrogen-bond donors (Lipinski definition) is 0. The third kappa shape index (κ3) is 4.76. The molecule has 1 amide bonds. The zero-order valence-electron chi connectivity index (χ0n) is 16.1. The minimum absolute atomic E-state index is 0.112. The Balaban J connectivity index is 1.51. The van der Waals surface area contributed by atoms with Crippen molar-refractivity contribution in [3.05, 3.63) is 51.5 Å². The van der Waals surface area contributed by atoms with Gasteiger partial charge in [-0.1, -0.05) is 19.1 Å². The van der Waals surface area contributed by atoms with E-state index in [1.54, 1.807) is 0 Å². The zero-order valence-corrected chi connectivity index (χ0v) is 17.7. The minimum Gasteiger partial charge on any atom is -0.340 e. The van der Waals surface area contributed by atoms with E-state index < -0.39 is 0 Å². The molecule has 146 valence electrons. The Hall–Kier alpha value is -1.73. The van der Waals surface area contributed by atoms with Gasteiger partial charge in [-0.3, -0.25) is 14.4 Å². The minimum atomic E-state index is -0.210. The molecular weight excluding hydrogens is 411 g/mol. The number of nitrogens with zero attached hydrogens (tertiary/aromatic N) is 4. The van der Waals surface area contributed by atoms with Gasteiger partial charge in [0.05, 0.1) is 22.6 Å². The van der Waals surface area contributed by atoms with Crippen molar-refractivity contribution in [1.29, 1.82) is 0 Å². The van der Waals surface area contributed by atoms with Crippen LogP contribution in [0.25, 0.3) is 0 Å². The summed E-state index contributed by atoms with van der Waals surface area (Å²) in [4.78, 5) is 17.1. The summed E-state index contributed by atoms with van der Waals surface area (Å²) in [5.74, 6) is -0.142. The number of carbonyl (C=O) groups is 1. The Morgan fingerprint density at radius 1 is 1.19 bits per heavy atom. The standard InChI is InChI=1S/C20H26BrFN4O/c1-14(12-26-16(3)19(21)15(2)23-26)20(27)25-10-8-24(9-11-25)13-17-4-6-18(22)7-5-17/h4-7,14H,8-13H2,1-3H3. The Morgan fingerprint density at radius 3 is 2.37 bits per heavy atom. The van der Waals surface area contributed by atoms with Gasteiger partial charge in [-0.15, -0.1) is 0 Å². The van der Waals surface area contributed by atoms with Gasteiger partial charge in [0, 0.05) is 38.4 Å². The lowest BCUT2D eigenvalue weighted by atomic mass is 10.1. The van der Waals surface area contributed by atoms with E-state index in [9.17, 15) is 9.18 Å². The molecule has 0 N–H and O–H groups in total. The van der Waals surface area contributed by atoms with Gasteiger partial charge in [0.15, 0.2) is 0 Å². The first-order valence-electron chi connectivity index (χ1n) is 9.30. The maximum absolute atomic E-state index is 13.0. The van der Waals surface area contributed by atoms with Crippen LogP contribution >= 0.6 is 15.9 Å². The van der Waals surface area contributed by atoms with Gasteiger partial charge in [-0.25, -0.2) is 4.39 Å². The van der Waals surface area contributed by atoms with E-state index >= 15 is 0 Å². The van der Waals surface area contributed by atoms with Crippen LogP contribution in [0.3, 0.4) is 0 Å². The molecule has 27 heavy (non-hydrogen) atoms. The van der Waals surface area contributed by atoms with Crippen molar-refractivity contribution >= 4 is 21.8 Å². The largest absolute Gasteiger partial charge is 0.340 e. The van der Waals surface area contributed by atoms with Gasteiger partial charge in [-0.2, -0.15) is 5.10 Å². The smallest absolute Gasteiger partial charge is 0.227 e. The lowest BCUT2D eigenvalue weighted by Gasteiger charge is -2.36. The fourth-order valence-electron chi connectivity index (χ4n) is 3.48. The van der Waals surface area contributed by atoms with E-state index in [4.69, 9.17) is 0 Å². The molecule has 0 aliphatic carbocycles. The summed E-state index contributed by atoms with van der Waals surface area (Å²) in [5, 5.41) is 4.51. The van der Waals surface area contributed by atoms with Crippen LogP contribution in [0, 0.1) is 25.6 Å². The maximum atomic E-state index is 13.0. The molecule has 0 spiro atoms. The normalized spacial score (nSPS) is 16.6. The van der Waals surface area contributed by atoms with Crippen molar-refractivity contribution in [3.63, 3.8) is 0 Å². The molecule has 0 radical (unpaired) electrons. The van der Waals surface area contributed by atoms with Gasteiger partial charge in [0.1, 0.15) is 5.82 Å². The summed E-state index contributed by atoms with van der Waals surface area (Å²) < 4.78 is 15.9. The monoisotopic (exact) mass is 436 g/mol. The first-order valence-corrected chi connectivity index (χ1v) is 10.1. The van der Waals surface area contributed by atoms with Crippen LogP contribution in [0.15, 0.2) is 28.7 Å². The lowest BCUT2D eigenvalue weighted by Crippen LogP contribution is -2.50. The highest BCUT2D eigenvalue weighted by molar-refractivity contribution is 9.10. The van der Waals surface area contributed by atoms with Crippen molar-refractivity contribution in [2.24, 2.45) is 5.92 Å². The van der Waals surface area contributed by atoms with Crippen molar-refractivity contribution in [2.75, 3.05) is 26.2 Å². The second-order valence-corrected chi connectivity index (χ2v) is 8.09. The Labute approximate surface area is 168 Å². The molecule has 1 atom stereocenters. The highest BCUT2D eigenvalue weighted by Gasteiger charge is 2.26. The molecule has 1 aromatic heterocycles. The van der Waals surface area contributed by atoms with Gasteiger partial charge >= 0.3 is 0 Å². The quantitative estimate of drug-likeness (QED) is 0.721. The van der Waals surface area contributed by atoms with E-state index in [2.05, 4.69) is 25.9 Å². The van der Waals surface area contributed by atoms with E-state index in [1.807, 2.05) is 42.5 Å². The third-order valence-electron chi connectivity index (χ3n) is 5.16. The van der Waals surface area contributed by atoms with Crippen molar-refractivity contribution < 1.29 is 9.18 Å². The second kappa shape index (κ2) is 8.52. The number of hydrogen-bond acceptors (Lipinski definition) is 3. The molecule has 1 saturated heterocycles. The topological polar surface area (TPSA) is 41.4 Å². The summed E-state index contributed by atoms with van der Waals surface area (Å²) in [7, 11) is 0. The molecule has 1 aliphatic rings. The molecule has 5 nitrogen and oxygen atoms in total. The number of carbonyl (C=O) groups excluding carboxylic acids is 1. The van der Waals surface area contributed by atoms with Crippen LogP contribution in [0.5, 0.6) is 0 Å². The fourth-order valence-corrected chi connectivity index (χ4v) is 3.76. The van der Waals surface area contributed by atoms with Gasteiger partial charge in [-0.05, 0) is 47.5 Å². The van der Waals surface area contributed by atoms with Crippen LogP contribution in [-0.4, -0.2) is 51.7 Å². The first kappa shape index (κ1) is 20.0. The number of amides is 1. The SMILES string of the molecule is Cc1nn(CC(C)C(=O)N2CCN(Cc3ccc(F)cc3)CC2)c(C)c1Br. The molecule has 1 aromatic carbocycles. The van der Waals surface area contributed by atoms with E-state index in [-0.39, 0.29) is 17.6 Å². The predicted molar refractivity (Wildman–Crippen MR) is 107 cm³/mol. The Morgan fingerprint density at radius 2 is 1.81 bits per heavy atom. The summed E-state index contributed by atoms with van der Waals surface area (Å²) in [6.45, 7) is 10.4. The number of aromatic nitrogens is 2. The van der Waals surface area contributed by atoms with Crippen LogP contribution < -0.4 is 0 Å². The molecule has 3 rings (SSSR count). The molecule has 2 heterocycles. The summed E-state index contributed by atoms with van der Waals surface area (Å²) in [5.41, 5.74) is 3.09. The van der Waals surface area contributed by atoms with Crippen molar-refractivity contribution in [3.8, 4) is 0 Å². The molecule has 7 heteroatoms. The van der Waals surface area contributed by atoms with E-state index in [1.165, 1.54) is 12.1 Å². The number of aryl methyl sites for hydroxylation is 1. The second-order valence-electron chi connectivity index (χ2n) is 7.30. The maximum Gasteiger partial charge on any atom is 0.227 e.